The molecule has 0 saturated carbocycles. The van der Waals surface area contributed by atoms with Gasteiger partial charge < -0.3 is 10.2 Å². The SMILES string of the molecule is OCC(N[C@@H](CO)c1ccccc1)C(F)(F)F. The summed E-state index contributed by atoms with van der Waals surface area (Å²) in [6.07, 6.45) is -4.54. The zero-order valence-electron chi connectivity index (χ0n) is 8.98. The molecular formula is C11H14F3NO2. The van der Waals surface area contributed by atoms with Crippen molar-refractivity contribution in [2.24, 2.45) is 0 Å². The van der Waals surface area contributed by atoms with Crippen molar-refractivity contribution in [3.05, 3.63) is 35.9 Å². The summed E-state index contributed by atoms with van der Waals surface area (Å²) in [7, 11) is 0. The predicted octanol–water partition coefficient (Wildman–Crippen LogP) is 1.23. The van der Waals surface area contributed by atoms with Gasteiger partial charge >= 0.3 is 6.18 Å². The minimum absolute atomic E-state index is 0.476. The number of alkyl halides is 3. The van der Waals surface area contributed by atoms with Crippen molar-refractivity contribution in [2.75, 3.05) is 13.2 Å². The van der Waals surface area contributed by atoms with Gasteiger partial charge in [0.25, 0.3) is 0 Å². The van der Waals surface area contributed by atoms with Crippen LogP contribution in [0.1, 0.15) is 11.6 Å². The van der Waals surface area contributed by atoms with Crippen LogP contribution in [-0.2, 0) is 0 Å². The molecule has 0 aliphatic carbocycles. The molecule has 3 nitrogen and oxygen atoms in total. The van der Waals surface area contributed by atoms with E-state index in [9.17, 15) is 13.2 Å². The van der Waals surface area contributed by atoms with E-state index in [2.05, 4.69) is 5.32 Å². The number of hydrogen-bond acceptors (Lipinski definition) is 3. The van der Waals surface area contributed by atoms with Crippen molar-refractivity contribution in [3.8, 4) is 0 Å². The summed E-state index contributed by atoms with van der Waals surface area (Å²) in [6, 6.07) is 5.39. The van der Waals surface area contributed by atoms with Gasteiger partial charge in [-0.2, -0.15) is 13.2 Å². The second kappa shape index (κ2) is 6.00. The molecule has 0 bridgehead atoms. The number of benzene rings is 1. The van der Waals surface area contributed by atoms with Gasteiger partial charge in [0.1, 0.15) is 6.04 Å². The quantitative estimate of drug-likeness (QED) is 0.735. The van der Waals surface area contributed by atoms with Crippen LogP contribution < -0.4 is 5.32 Å². The van der Waals surface area contributed by atoms with Crippen LogP contribution in [0.15, 0.2) is 30.3 Å². The fourth-order valence-corrected chi connectivity index (χ4v) is 1.43. The summed E-state index contributed by atoms with van der Waals surface area (Å²) < 4.78 is 37.3. The van der Waals surface area contributed by atoms with E-state index in [0.29, 0.717) is 5.56 Å². The second-order valence-electron chi connectivity index (χ2n) is 3.59. The van der Waals surface area contributed by atoms with Gasteiger partial charge in [-0.25, -0.2) is 0 Å². The Morgan fingerprint density at radius 1 is 1.06 bits per heavy atom. The summed E-state index contributed by atoms with van der Waals surface area (Å²) in [5.41, 5.74) is 0.540. The lowest BCUT2D eigenvalue weighted by Gasteiger charge is -2.25. The Kier molecular flexibility index (Phi) is 4.92. The fraction of sp³-hybridized carbons (Fsp3) is 0.455. The molecule has 96 valence electrons. The Hall–Kier alpha value is -1.11. The first-order chi connectivity index (χ1) is 7.99. The molecule has 1 unspecified atom stereocenters. The first-order valence-electron chi connectivity index (χ1n) is 5.08. The molecular weight excluding hydrogens is 235 g/mol. The average molecular weight is 249 g/mol. The van der Waals surface area contributed by atoms with E-state index in [1.165, 1.54) is 0 Å². The van der Waals surface area contributed by atoms with Crippen LogP contribution in [0.25, 0.3) is 0 Å². The molecule has 0 heterocycles. The van der Waals surface area contributed by atoms with Crippen molar-refractivity contribution < 1.29 is 23.4 Å². The molecule has 0 radical (unpaired) electrons. The number of hydrogen-bond donors (Lipinski definition) is 3. The number of nitrogens with one attached hydrogen (secondary N) is 1. The molecule has 0 amide bonds. The van der Waals surface area contributed by atoms with E-state index in [-0.39, 0.29) is 0 Å². The van der Waals surface area contributed by atoms with Crippen molar-refractivity contribution in [2.45, 2.75) is 18.3 Å². The monoisotopic (exact) mass is 249 g/mol. The molecule has 1 aromatic rings. The van der Waals surface area contributed by atoms with Crippen LogP contribution in [0.3, 0.4) is 0 Å². The van der Waals surface area contributed by atoms with Crippen LogP contribution in [-0.4, -0.2) is 35.6 Å². The summed E-state index contributed by atoms with van der Waals surface area (Å²) in [4.78, 5) is 0. The lowest BCUT2D eigenvalue weighted by molar-refractivity contribution is -0.166. The lowest BCUT2D eigenvalue weighted by Crippen LogP contribution is -2.47. The summed E-state index contributed by atoms with van der Waals surface area (Å²) in [5.74, 6) is 0. The second-order valence-corrected chi connectivity index (χ2v) is 3.59. The highest BCUT2D eigenvalue weighted by Crippen LogP contribution is 2.23. The van der Waals surface area contributed by atoms with E-state index >= 15 is 0 Å². The molecule has 1 aromatic carbocycles. The molecule has 0 aliphatic rings. The average Bonchev–Trinajstić information content (AvgIpc) is 2.30. The Labute approximate surface area is 96.9 Å². The van der Waals surface area contributed by atoms with Crippen LogP contribution in [0.5, 0.6) is 0 Å². The predicted molar refractivity (Wildman–Crippen MR) is 56.3 cm³/mol. The topological polar surface area (TPSA) is 52.5 Å². The molecule has 0 aromatic heterocycles. The van der Waals surface area contributed by atoms with Crippen molar-refractivity contribution in [3.63, 3.8) is 0 Å². The minimum atomic E-state index is -4.54. The first kappa shape index (κ1) is 14.0. The highest BCUT2D eigenvalue weighted by Gasteiger charge is 2.40. The molecule has 17 heavy (non-hydrogen) atoms. The van der Waals surface area contributed by atoms with Gasteiger partial charge in [0.15, 0.2) is 0 Å². The van der Waals surface area contributed by atoms with Gasteiger partial charge in [0.2, 0.25) is 0 Å². The number of aliphatic hydroxyl groups excluding tert-OH is 2. The summed E-state index contributed by atoms with van der Waals surface area (Å²) in [5, 5.41) is 20.0. The van der Waals surface area contributed by atoms with E-state index in [4.69, 9.17) is 10.2 Å². The maximum Gasteiger partial charge on any atom is 0.406 e. The van der Waals surface area contributed by atoms with Gasteiger partial charge in [-0.3, -0.25) is 5.32 Å². The van der Waals surface area contributed by atoms with E-state index < -0.39 is 31.5 Å². The highest BCUT2D eigenvalue weighted by molar-refractivity contribution is 5.19. The third-order valence-electron chi connectivity index (χ3n) is 2.36. The highest BCUT2D eigenvalue weighted by atomic mass is 19.4. The third-order valence-corrected chi connectivity index (χ3v) is 2.36. The van der Waals surface area contributed by atoms with Gasteiger partial charge in [-0.15, -0.1) is 0 Å². The third kappa shape index (κ3) is 3.99. The van der Waals surface area contributed by atoms with Crippen molar-refractivity contribution in [1.82, 2.24) is 5.32 Å². The Morgan fingerprint density at radius 3 is 2.06 bits per heavy atom. The molecule has 0 fully saturated rings. The zero-order chi connectivity index (χ0) is 12.9. The van der Waals surface area contributed by atoms with Gasteiger partial charge in [0, 0.05) is 0 Å². The van der Waals surface area contributed by atoms with Gasteiger partial charge in [-0.1, -0.05) is 30.3 Å². The normalized spacial score (nSPS) is 15.6. The standard InChI is InChI=1S/C11H14F3NO2/c12-11(13,14)10(7-17)15-9(6-16)8-4-2-1-3-5-8/h1-5,9-10,15-17H,6-7H2/t9-,10?/m0/s1. The van der Waals surface area contributed by atoms with Crippen LogP contribution in [0.2, 0.25) is 0 Å². The van der Waals surface area contributed by atoms with Crippen LogP contribution in [0, 0.1) is 0 Å². The van der Waals surface area contributed by atoms with Crippen molar-refractivity contribution >= 4 is 0 Å². The molecule has 3 N–H and O–H groups in total. The number of rotatable bonds is 5. The maximum absolute atomic E-state index is 12.4. The zero-order valence-corrected chi connectivity index (χ0v) is 8.98. The number of halogens is 3. The summed E-state index contributed by atoms with van der Waals surface area (Å²) in [6.45, 7) is -1.54. The van der Waals surface area contributed by atoms with Crippen molar-refractivity contribution in [1.29, 1.82) is 0 Å². The van der Waals surface area contributed by atoms with Crippen LogP contribution >= 0.6 is 0 Å². The maximum atomic E-state index is 12.4. The Morgan fingerprint density at radius 2 is 1.65 bits per heavy atom. The molecule has 0 saturated heterocycles. The first-order valence-corrected chi connectivity index (χ1v) is 5.08. The molecule has 1 rings (SSSR count). The van der Waals surface area contributed by atoms with Gasteiger partial charge in [0.05, 0.1) is 19.3 Å². The van der Waals surface area contributed by atoms with Crippen LogP contribution in [0.4, 0.5) is 13.2 Å². The molecule has 6 heteroatoms. The minimum Gasteiger partial charge on any atom is -0.394 e. The lowest BCUT2D eigenvalue weighted by atomic mass is 10.1. The van der Waals surface area contributed by atoms with E-state index in [1.807, 2.05) is 0 Å². The van der Waals surface area contributed by atoms with E-state index in [1.54, 1.807) is 30.3 Å². The molecule has 2 atom stereocenters. The smallest absolute Gasteiger partial charge is 0.394 e. The summed E-state index contributed by atoms with van der Waals surface area (Å²) >= 11 is 0. The fourth-order valence-electron chi connectivity index (χ4n) is 1.43. The number of aliphatic hydroxyl groups is 2. The largest absolute Gasteiger partial charge is 0.406 e. The Bertz CT molecular complexity index is 329. The van der Waals surface area contributed by atoms with Gasteiger partial charge in [-0.05, 0) is 5.56 Å². The van der Waals surface area contributed by atoms with E-state index in [0.717, 1.165) is 0 Å². The molecule has 0 spiro atoms. The Balaban J connectivity index is 2.76. The molecule has 0 aliphatic heterocycles.